The fourth-order valence-corrected chi connectivity index (χ4v) is 1.66. The summed E-state index contributed by atoms with van der Waals surface area (Å²) in [4.78, 5) is 11.0. The summed E-state index contributed by atoms with van der Waals surface area (Å²) in [6, 6.07) is 0. The molecule has 3 nitrogen and oxygen atoms in total. The molecule has 12 heavy (non-hydrogen) atoms. The standard InChI is InChI=1S/C9H16O3/c1-7(10)9(11)5-3-8(12-2)4-6-9/h8,11H,3-6H2,1-2H3. The van der Waals surface area contributed by atoms with Gasteiger partial charge in [-0.15, -0.1) is 0 Å². The van der Waals surface area contributed by atoms with Crippen LogP contribution in [0.2, 0.25) is 0 Å². The van der Waals surface area contributed by atoms with Crippen molar-refractivity contribution in [3.8, 4) is 0 Å². The van der Waals surface area contributed by atoms with Gasteiger partial charge in [0.1, 0.15) is 5.60 Å². The number of aliphatic hydroxyl groups is 1. The first-order valence-corrected chi connectivity index (χ1v) is 4.35. The molecule has 0 amide bonds. The van der Waals surface area contributed by atoms with Crippen LogP contribution in [0.15, 0.2) is 0 Å². The molecule has 3 heteroatoms. The molecular formula is C9H16O3. The van der Waals surface area contributed by atoms with E-state index in [1.165, 1.54) is 6.92 Å². The van der Waals surface area contributed by atoms with E-state index in [-0.39, 0.29) is 11.9 Å². The Labute approximate surface area is 72.7 Å². The smallest absolute Gasteiger partial charge is 0.161 e. The van der Waals surface area contributed by atoms with Crippen LogP contribution in [0.5, 0.6) is 0 Å². The van der Waals surface area contributed by atoms with Crippen LogP contribution in [-0.2, 0) is 9.53 Å². The number of Topliss-reactive ketones (excluding diaryl/α,β-unsaturated/α-hetero) is 1. The lowest BCUT2D eigenvalue weighted by atomic mass is 9.81. The predicted octanol–water partition coefficient (Wildman–Crippen LogP) is 0.895. The number of hydrogen-bond acceptors (Lipinski definition) is 3. The summed E-state index contributed by atoms with van der Waals surface area (Å²) < 4.78 is 5.14. The van der Waals surface area contributed by atoms with Crippen LogP contribution < -0.4 is 0 Å². The molecule has 0 heterocycles. The molecule has 1 fully saturated rings. The van der Waals surface area contributed by atoms with E-state index in [2.05, 4.69) is 0 Å². The minimum absolute atomic E-state index is 0.114. The molecule has 0 radical (unpaired) electrons. The molecule has 0 bridgehead atoms. The van der Waals surface area contributed by atoms with Crippen LogP contribution in [0, 0.1) is 0 Å². The molecule has 1 aliphatic carbocycles. The third-order valence-corrected chi connectivity index (χ3v) is 2.75. The molecule has 0 aromatic rings. The molecule has 0 aromatic carbocycles. The van der Waals surface area contributed by atoms with Crippen molar-refractivity contribution < 1.29 is 14.6 Å². The molecule has 0 spiro atoms. The maximum atomic E-state index is 11.0. The molecule has 0 aromatic heterocycles. The van der Waals surface area contributed by atoms with Crippen molar-refractivity contribution in [3.63, 3.8) is 0 Å². The Morgan fingerprint density at radius 1 is 1.50 bits per heavy atom. The molecule has 1 rings (SSSR count). The highest BCUT2D eigenvalue weighted by atomic mass is 16.5. The third kappa shape index (κ3) is 1.84. The Morgan fingerprint density at radius 3 is 2.33 bits per heavy atom. The predicted molar refractivity (Wildman–Crippen MR) is 44.9 cm³/mol. The highest BCUT2D eigenvalue weighted by Crippen LogP contribution is 2.30. The fraction of sp³-hybridized carbons (Fsp3) is 0.889. The molecule has 0 saturated heterocycles. The maximum absolute atomic E-state index is 11.0. The molecule has 0 aliphatic heterocycles. The number of carbonyl (C=O) groups excluding carboxylic acids is 1. The van der Waals surface area contributed by atoms with Crippen LogP contribution in [0.25, 0.3) is 0 Å². The zero-order chi connectivity index (χ0) is 9.19. The summed E-state index contributed by atoms with van der Waals surface area (Å²) in [5.41, 5.74) is -1.06. The number of methoxy groups -OCH3 is 1. The van der Waals surface area contributed by atoms with Gasteiger partial charge in [-0.25, -0.2) is 0 Å². The van der Waals surface area contributed by atoms with E-state index in [9.17, 15) is 9.90 Å². The van der Waals surface area contributed by atoms with Gasteiger partial charge >= 0.3 is 0 Å². The number of ether oxygens (including phenoxy) is 1. The van der Waals surface area contributed by atoms with Crippen molar-refractivity contribution in [2.75, 3.05) is 7.11 Å². The van der Waals surface area contributed by atoms with Crippen LogP contribution in [0.1, 0.15) is 32.6 Å². The second-order valence-corrected chi connectivity index (χ2v) is 3.52. The summed E-state index contributed by atoms with van der Waals surface area (Å²) in [5, 5.41) is 9.76. The van der Waals surface area contributed by atoms with E-state index in [1.807, 2.05) is 0 Å². The highest BCUT2D eigenvalue weighted by molar-refractivity contribution is 5.84. The average molecular weight is 172 g/mol. The van der Waals surface area contributed by atoms with Crippen molar-refractivity contribution in [1.29, 1.82) is 0 Å². The van der Waals surface area contributed by atoms with Gasteiger partial charge in [-0.2, -0.15) is 0 Å². The van der Waals surface area contributed by atoms with Crippen molar-refractivity contribution >= 4 is 5.78 Å². The molecule has 0 unspecified atom stereocenters. The molecule has 0 atom stereocenters. The van der Waals surface area contributed by atoms with Gasteiger partial charge in [0.25, 0.3) is 0 Å². The van der Waals surface area contributed by atoms with Crippen LogP contribution in [0.4, 0.5) is 0 Å². The van der Waals surface area contributed by atoms with Crippen LogP contribution in [0.3, 0.4) is 0 Å². The van der Waals surface area contributed by atoms with E-state index in [1.54, 1.807) is 7.11 Å². The van der Waals surface area contributed by atoms with Crippen molar-refractivity contribution in [1.82, 2.24) is 0 Å². The molecule has 70 valence electrons. The maximum Gasteiger partial charge on any atom is 0.161 e. The first kappa shape index (κ1) is 9.68. The minimum Gasteiger partial charge on any atom is -0.382 e. The van der Waals surface area contributed by atoms with Crippen molar-refractivity contribution in [2.45, 2.75) is 44.3 Å². The first-order valence-electron chi connectivity index (χ1n) is 4.35. The first-order chi connectivity index (χ1) is 5.58. The largest absolute Gasteiger partial charge is 0.382 e. The lowest BCUT2D eigenvalue weighted by molar-refractivity contribution is -0.141. The number of carbonyl (C=O) groups is 1. The average Bonchev–Trinajstić information content (AvgIpc) is 2.06. The van der Waals surface area contributed by atoms with Gasteiger partial charge in [0.15, 0.2) is 5.78 Å². The SMILES string of the molecule is COC1CCC(O)(C(C)=O)CC1. The van der Waals surface area contributed by atoms with Gasteiger partial charge in [0, 0.05) is 7.11 Å². The Bertz CT molecular complexity index is 169. The molecular weight excluding hydrogens is 156 g/mol. The van der Waals surface area contributed by atoms with E-state index in [4.69, 9.17) is 4.74 Å². The molecule has 1 aliphatic rings. The Hall–Kier alpha value is -0.410. The minimum atomic E-state index is -1.06. The van der Waals surface area contributed by atoms with E-state index in [0.29, 0.717) is 12.8 Å². The highest BCUT2D eigenvalue weighted by Gasteiger charge is 2.36. The molecule has 1 N–H and O–H groups in total. The molecule has 1 saturated carbocycles. The Morgan fingerprint density at radius 2 is 2.00 bits per heavy atom. The topological polar surface area (TPSA) is 46.5 Å². The summed E-state index contributed by atoms with van der Waals surface area (Å²) in [7, 11) is 1.67. The zero-order valence-corrected chi connectivity index (χ0v) is 7.67. The Balaban J connectivity index is 2.49. The summed E-state index contributed by atoms with van der Waals surface area (Å²) in [6.45, 7) is 1.45. The lowest BCUT2D eigenvalue weighted by Crippen LogP contribution is -2.42. The Kier molecular flexibility index (Phi) is 2.85. The lowest BCUT2D eigenvalue weighted by Gasteiger charge is -2.33. The van der Waals surface area contributed by atoms with Crippen molar-refractivity contribution in [3.05, 3.63) is 0 Å². The van der Waals surface area contributed by atoms with Crippen LogP contribution >= 0.6 is 0 Å². The number of rotatable bonds is 2. The second kappa shape index (κ2) is 3.54. The third-order valence-electron chi connectivity index (χ3n) is 2.75. The van der Waals surface area contributed by atoms with E-state index in [0.717, 1.165) is 12.8 Å². The number of hydrogen-bond donors (Lipinski definition) is 1. The van der Waals surface area contributed by atoms with Gasteiger partial charge in [-0.1, -0.05) is 0 Å². The van der Waals surface area contributed by atoms with E-state index < -0.39 is 5.60 Å². The monoisotopic (exact) mass is 172 g/mol. The van der Waals surface area contributed by atoms with Gasteiger partial charge in [-0.05, 0) is 32.6 Å². The summed E-state index contributed by atoms with van der Waals surface area (Å²) in [6.07, 6.45) is 2.88. The van der Waals surface area contributed by atoms with Gasteiger partial charge in [-0.3, -0.25) is 4.79 Å². The summed E-state index contributed by atoms with van der Waals surface area (Å²) in [5.74, 6) is -0.114. The fourth-order valence-electron chi connectivity index (χ4n) is 1.66. The van der Waals surface area contributed by atoms with Gasteiger partial charge in [0.05, 0.1) is 6.10 Å². The van der Waals surface area contributed by atoms with Crippen molar-refractivity contribution in [2.24, 2.45) is 0 Å². The van der Waals surface area contributed by atoms with E-state index >= 15 is 0 Å². The van der Waals surface area contributed by atoms with Gasteiger partial charge < -0.3 is 9.84 Å². The second-order valence-electron chi connectivity index (χ2n) is 3.52. The normalized spacial score (nSPS) is 36.4. The summed E-state index contributed by atoms with van der Waals surface area (Å²) >= 11 is 0. The van der Waals surface area contributed by atoms with Gasteiger partial charge in [0.2, 0.25) is 0 Å². The zero-order valence-electron chi connectivity index (χ0n) is 7.67. The quantitative estimate of drug-likeness (QED) is 0.673. The number of ketones is 1. The van der Waals surface area contributed by atoms with Crippen LogP contribution in [-0.4, -0.2) is 29.7 Å².